The first-order valence-corrected chi connectivity index (χ1v) is 6.26. The topological polar surface area (TPSA) is 25.2 Å². The van der Waals surface area contributed by atoms with E-state index in [0.29, 0.717) is 5.25 Å². The molecule has 1 unspecified atom stereocenters. The van der Waals surface area contributed by atoms with Crippen molar-refractivity contribution in [1.29, 1.82) is 0 Å². The maximum atomic E-state index is 5.41. The molecule has 4 heteroatoms. The van der Waals surface area contributed by atoms with Crippen molar-refractivity contribution in [2.75, 3.05) is 11.9 Å². The van der Waals surface area contributed by atoms with E-state index in [0.717, 1.165) is 12.3 Å². The predicted octanol–water partition coefficient (Wildman–Crippen LogP) is 3.60. The summed E-state index contributed by atoms with van der Waals surface area (Å²) in [4.78, 5) is 1.34. The molecule has 3 heterocycles. The van der Waals surface area contributed by atoms with Crippen molar-refractivity contribution >= 4 is 28.8 Å². The molecule has 1 N–H and O–H groups in total. The molecule has 0 aromatic carbocycles. The number of anilines is 1. The molecule has 0 radical (unpaired) electrons. The maximum Gasteiger partial charge on any atom is 0.118 e. The highest BCUT2D eigenvalue weighted by Gasteiger charge is 2.22. The molecule has 0 aliphatic carbocycles. The van der Waals surface area contributed by atoms with E-state index in [1.807, 2.05) is 23.9 Å². The van der Waals surface area contributed by atoms with Gasteiger partial charge in [-0.25, -0.2) is 0 Å². The van der Waals surface area contributed by atoms with Gasteiger partial charge in [0.2, 0.25) is 0 Å². The highest BCUT2D eigenvalue weighted by Crippen LogP contribution is 2.44. The molecule has 2 aromatic heterocycles. The second-order valence-corrected chi connectivity index (χ2v) is 5.14. The molecule has 72 valence electrons. The summed E-state index contributed by atoms with van der Waals surface area (Å²) >= 11 is 3.62. The Labute approximate surface area is 90.3 Å². The van der Waals surface area contributed by atoms with Crippen LogP contribution < -0.4 is 5.32 Å². The summed E-state index contributed by atoms with van der Waals surface area (Å²) in [6.07, 6.45) is 1.74. The number of thiophene rings is 1. The van der Waals surface area contributed by atoms with Crippen LogP contribution in [0, 0.1) is 0 Å². The van der Waals surface area contributed by atoms with Gasteiger partial charge in [-0.15, -0.1) is 23.1 Å². The monoisotopic (exact) mass is 223 g/mol. The lowest BCUT2D eigenvalue weighted by atomic mass is 10.3. The van der Waals surface area contributed by atoms with Gasteiger partial charge in [-0.3, -0.25) is 0 Å². The molecule has 0 bridgehead atoms. The molecule has 2 aromatic rings. The minimum Gasteiger partial charge on any atom is -0.468 e. The minimum absolute atomic E-state index is 0.409. The van der Waals surface area contributed by atoms with Crippen molar-refractivity contribution in [3.63, 3.8) is 0 Å². The van der Waals surface area contributed by atoms with E-state index < -0.39 is 0 Å². The molecule has 3 rings (SSSR count). The van der Waals surface area contributed by atoms with Crippen molar-refractivity contribution in [3.8, 4) is 0 Å². The zero-order chi connectivity index (χ0) is 9.38. The van der Waals surface area contributed by atoms with Crippen LogP contribution in [0.4, 0.5) is 5.69 Å². The van der Waals surface area contributed by atoms with E-state index in [2.05, 4.69) is 16.1 Å². The Morgan fingerprint density at radius 3 is 3.29 bits per heavy atom. The molecular weight excluding hydrogens is 214 g/mol. The van der Waals surface area contributed by atoms with E-state index in [1.165, 1.54) is 10.6 Å². The van der Waals surface area contributed by atoms with Gasteiger partial charge in [0.25, 0.3) is 0 Å². The molecule has 1 atom stereocenters. The Kier molecular flexibility index (Phi) is 2.03. The summed E-state index contributed by atoms with van der Waals surface area (Å²) in [5, 5.41) is 8.16. The SMILES string of the molecule is c1coc(C2CNc3cscc3S2)c1. The largest absolute Gasteiger partial charge is 0.468 e. The Morgan fingerprint density at radius 2 is 2.43 bits per heavy atom. The number of nitrogens with one attached hydrogen (secondary N) is 1. The minimum atomic E-state index is 0.409. The Balaban J connectivity index is 1.88. The van der Waals surface area contributed by atoms with Crippen LogP contribution in [0.1, 0.15) is 11.0 Å². The van der Waals surface area contributed by atoms with E-state index in [-0.39, 0.29) is 0 Å². The normalized spacial score (nSPS) is 20.1. The molecule has 1 aliphatic rings. The van der Waals surface area contributed by atoms with E-state index in [9.17, 15) is 0 Å². The van der Waals surface area contributed by atoms with Crippen LogP contribution in [0.25, 0.3) is 0 Å². The average Bonchev–Trinajstić information content (AvgIpc) is 2.88. The van der Waals surface area contributed by atoms with Crippen molar-refractivity contribution in [2.45, 2.75) is 10.1 Å². The van der Waals surface area contributed by atoms with Crippen molar-refractivity contribution in [2.24, 2.45) is 0 Å². The molecule has 14 heavy (non-hydrogen) atoms. The summed E-state index contributed by atoms with van der Waals surface area (Å²) in [6, 6.07) is 3.98. The van der Waals surface area contributed by atoms with Gasteiger partial charge in [0.1, 0.15) is 5.76 Å². The third-order valence-electron chi connectivity index (χ3n) is 2.23. The smallest absolute Gasteiger partial charge is 0.118 e. The van der Waals surface area contributed by atoms with Gasteiger partial charge in [0, 0.05) is 22.2 Å². The highest BCUT2D eigenvalue weighted by atomic mass is 32.2. The molecule has 2 nitrogen and oxygen atoms in total. The molecule has 0 fully saturated rings. The molecule has 0 saturated heterocycles. The van der Waals surface area contributed by atoms with E-state index in [1.54, 1.807) is 17.6 Å². The van der Waals surface area contributed by atoms with Gasteiger partial charge in [-0.1, -0.05) is 0 Å². The predicted molar refractivity (Wildman–Crippen MR) is 60.1 cm³/mol. The van der Waals surface area contributed by atoms with Crippen LogP contribution in [0.15, 0.2) is 38.5 Å². The van der Waals surface area contributed by atoms with E-state index in [4.69, 9.17) is 4.42 Å². The van der Waals surface area contributed by atoms with Gasteiger partial charge in [-0.05, 0) is 12.1 Å². The fourth-order valence-electron chi connectivity index (χ4n) is 1.54. The number of thioether (sulfide) groups is 1. The third-order valence-corrected chi connectivity index (χ3v) is 4.40. The first-order valence-electron chi connectivity index (χ1n) is 4.43. The quantitative estimate of drug-likeness (QED) is 0.799. The fourth-order valence-corrected chi connectivity index (χ4v) is 3.65. The molecule has 1 aliphatic heterocycles. The second-order valence-electron chi connectivity index (χ2n) is 3.15. The summed E-state index contributed by atoms with van der Waals surface area (Å²) < 4.78 is 5.41. The number of fused-ring (bicyclic) bond motifs is 1. The summed E-state index contributed by atoms with van der Waals surface area (Å²) in [7, 11) is 0. The molecule has 0 spiro atoms. The van der Waals surface area contributed by atoms with Gasteiger partial charge in [-0.2, -0.15) is 0 Å². The first kappa shape index (κ1) is 8.44. The van der Waals surface area contributed by atoms with Crippen molar-refractivity contribution in [3.05, 3.63) is 34.9 Å². The lowest BCUT2D eigenvalue weighted by Crippen LogP contribution is -2.13. The van der Waals surface area contributed by atoms with Crippen LogP contribution in [0.5, 0.6) is 0 Å². The zero-order valence-electron chi connectivity index (χ0n) is 7.40. The van der Waals surface area contributed by atoms with Crippen LogP contribution in [-0.2, 0) is 0 Å². The third kappa shape index (κ3) is 1.35. The number of hydrogen-bond donors (Lipinski definition) is 1. The highest BCUT2D eigenvalue weighted by molar-refractivity contribution is 8.00. The van der Waals surface area contributed by atoms with Crippen molar-refractivity contribution < 1.29 is 4.42 Å². The zero-order valence-corrected chi connectivity index (χ0v) is 9.03. The Morgan fingerprint density at radius 1 is 1.43 bits per heavy atom. The number of furan rings is 1. The first-order chi connectivity index (χ1) is 6.93. The van der Waals surface area contributed by atoms with Crippen molar-refractivity contribution in [1.82, 2.24) is 0 Å². The number of rotatable bonds is 1. The molecule has 0 amide bonds. The Bertz CT molecular complexity index is 421. The summed E-state index contributed by atoms with van der Waals surface area (Å²) in [6.45, 7) is 0.946. The molecular formula is C10H9NOS2. The van der Waals surface area contributed by atoms with Crippen LogP contribution in [-0.4, -0.2) is 6.54 Å². The van der Waals surface area contributed by atoms with Crippen LogP contribution in [0.2, 0.25) is 0 Å². The lowest BCUT2D eigenvalue weighted by molar-refractivity contribution is 0.508. The van der Waals surface area contributed by atoms with Gasteiger partial charge in [0.05, 0.1) is 17.2 Å². The Hall–Kier alpha value is -0.870. The summed E-state index contributed by atoms with van der Waals surface area (Å²) in [5.74, 6) is 1.05. The average molecular weight is 223 g/mol. The maximum absolute atomic E-state index is 5.41. The van der Waals surface area contributed by atoms with Gasteiger partial charge >= 0.3 is 0 Å². The number of hydrogen-bond acceptors (Lipinski definition) is 4. The van der Waals surface area contributed by atoms with Gasteiger partial charge in [0.15, 0.2) is 0 Å². The standard InChI is InChI=1S/C10H9NOS2/c1-2-8(12-3-1)9-4-11-7-5-13-6-10(7)14-9/h1-3,5-6,9,11H,4H2. The lowest BCUT2D eigenvalue weighted by Gasteiger charge is -2.21. The van der Waals surface area contributed by atoms with Crippen LogP contribution >= 0.6 is 23.1 Å². The van der Waals surface area contributed by atoms with Gasteiger partial charge < -0.3 is 9.73 Å². The van der Waals surface area contributed by atoms with E-state index >= 15 is 0 Å². The molecule has 0 saturated carbocycles. The summed E-state index contributed by atoms with van der Waals surface area (Å²) in [5.41, 5.74) is 1.27. The fraction of sp³-hybridized carbons (Fsp3) is 0.200. The van der Waals surface area contributed by atoms with Crippen LogP contribution in [0.3, 0.4) is 0 Å². The second kappa shape index (κ2) is 3.37.